The molecule has 5 rings (SSSR count). The van der Waals surface area contributed by atoms with Gasteiger partial charge in [-0.1, -0.05) is 54.6 Å². The molecule has 0 saturated heterocycles. The third-order valence-corrected chi connectivity index (χ3v) is 6.25. The van der Waals surface area contributed by atoms with Crippen LogP contribution < -0.4 is 5.32 Å². The third kappa shape index (κ3) is 5.04. The molecule has 170 valence electrons. The van der Waals surface area contributed by atoms with E-state index in [2.05, 4.69) is 27.4 Å². The first-order valence-corrected chi connectivity index (χ1v) is 11.8. The van der Waals surface area contributed by atoms with Crippen LogP contribution in [0, 0.1) is 0 Å². The minimum atomic E-state index is -0.00522. The predicted molar refractivity (Wildman–Crippen MR) is 135 cm³/mol. The van der Waals surface area contributed by atoms with Gasteiger partial charge in [0.2, 0.25) is 0 Å². The molecule has 0 aliphatic carbocycles. The second-order valence-electron chi connectivity index (χ2n) is 8.77. The van der Waals surface area contributed by atoms with E-state index in [1.54, 1.807) is 24.3 Å². The molecule has 5 nitrogen and oxygen atoms in total. The Labute approximate surface area is 199 Å². The minimum absolute atomic E-state index is 0.00522. The van der Waals surface area contributed by atoms with Gasteiger partial charge in [0.15, 0.2) is 11.6 Å². The number of carbonyl (C=O) groups is 2. The van der Waals surface area contributed by atoms with Crippen molar-refractivity contribution in [2.75, 3.05) is 19.6 Å². The van der Waals surface area contributed by atoms with Gasteiger partial charge < -0.3 is 5.32 Å². The summed E-state index contributed by atoms with van der Waals surface area (Å²) in [6.07, 6.45) is 2.67. The van der Waals surface area contributed by atoms with Gasteiger partial charge in [-0.15, -0.1) is 0 Å². The zero-order valence-electron chi connectivity index (χ0n) is 19.1. The standard InChI is InChI=1S/C29H27N3O2/c33-27(17-20-5-1-7-22(15-20)26-11-4-12-30-26)23-8-3-9-24(19-23)28(34)18-21-6-2-10-25(16-21)29-31-13-14-32-29/h1-3,5-10,15-16,19H,4,11-14,17-18H2,(H,31,32). The second-order valence-corrected chi connectivity index (χ2v) is 8.77. The van der Waals surface area contributed by atoms with Crippen LogP contribution >= 0.6 is 0 Å². The molecule has 0 saturated carbocycles. The third-order valence-electron chi connectivity index (χ3n) is 6.25. The molecule has 0 atom stereocenters. The molecule has 2 aliphatic heterocycles. The van der Waals surface area contributed by atoms with Crippen molar-refractivity contribution in [2.24, 2.45) is 9.98 Å². The van der Waals surface area contributed by atoms with Crippen molar-refractivity contribution in [3.8, 4) is 0 Å². The first-order chi connectivity index (χ1) is 16.7. The van der Waals surface area contributed by atoms with Crippen LogP contribution in [0.4, 0.5) is 0 Å². The van der Waals surface area contributed by atoms with Gasteiger partial charge in [0.05, 0.1) is 6.54 Å². The molecule has 3 aromatic rings. The predicted octanol–water partition coefficient (Wildman–Crippen LogP) is 4.47. The largest absolute Gasteiger partial charge is 0.368 e. The van der Waals surface area contributed by atoms with E-state index in [1.807, 2.05) is 36.4 Å². The lowest BCUT2D eigenvalue weighted by molar-refractivity contribution is 0.0992. The van der Waals surface area contributed by atoms with Gasteiger partial charge in [0, 0.05) is 48.3 Å². The highest BCUT2D eigenvalue weighted by Crippen LogP contribution is 2.17. The fraction of sp³-hybridized carbons (Fsp3) is 0.241. The molecule has 0 aromatic heterocycles. The number of ketones is 2. The van der Waals surface area contributed by atoms with Gasteiger partial charge >= 0.3 is 0 Å². The quantitative estimate of drug-likeness (QED) is 0.516. The lowest BCUT2D eigenvalue weighted by atomic mass is 9.96. The summed E-state index contributed by atoms with van der Waals surface area (Å²) in [6, 6.07) is 23.1. The number of rotatable bonds is 8. The zero-order chi connectivity index (χ0) is 23.3. The van der Waals surface area contributed by atoms with Crippen LogP contribution in [-0.4, -0.2) is 42.7 Å². The Morgan fingerprint density at radius 2 is 1.38 bits per heavy atom. The van der Waals surface area contributed by atoms with E-state index in [1.165, 1.54) is 0 Å². The Kier molecular flexibility index (Phi) is 6.43. The summed E-state index contributed by atoms with van der Waals surface area (Å²) in [5.41, 5.74) is 6.25. The van der Waals surface area contributed by atoms with E-state index in [4.69, 9.17) is 0 Å². The topological polar surface area (TPSA) is 70.9 Å². The highest BCUT2D eigenvalue weighted by molar-refractivity contribution is 6.04. The fourth-order valence-electron chi connectivity index (χ4n) is 4.50. The SMILES string of the molecule is O=C(Cc1cccc(C2=NCCC2)c1)c1cccc(C(=O)Cc2cccc(C3=NCCN3)c2)c1. The van der Waals surface area contributed by atoms with Crippen molar-refractivity contribution < 1.29 is 9.59 Å². The number of benzene rings is 3. The maximum absolute atomic E-state index is 13.0. The minimum Gasteiger partial charge on any atom is -0.368 e. The average Bonchev–Trinajstić information content (AvgIpc) is 3.59. The number of nitrogens with zero attached hydrogens (tertiary/aromatic N) is 2. The number of hydrogen-bond donors (Lipinski definition) is 1. The van der Waals surface area contributed by atoms with Gasteiger partial charge in [0.25, 0.3) is 0 Å². The molecule has 34 heavy (non-hydrogen) atoms. The second kappa shape index (κ2) is 9.96. The molecular weight excluding hydrogens is 422 g/mol. The lowest BCUT2D eigenvalue weighted by Gasteiger charge is -2.08. The van der Waals surface area contributed by atoms with Gasteiger partial charge in [0.1, 0.15) is 5.84 Å². The van der Waals surface area contributed by atoms with Crippen molar-refractivity contribution in [2.45, 2.75) is 25.7 Å². The Bertz CT molecular complexity index is 1210. The number of aliphatic imine (C=N–C) groups is 2. The first-order valence-electron chi connectivity index (χ1n) is 11.8. The molecule has 3 aromatic carbocycles. The Morgan fingerprint density at radius 3 is 2.00 bits per heavy atom. The fourth-order valence-corrected chi connectivity index (χ4v) is 4.50. The molecule has 0 fully saturated rings. The molecule has 0 amide bonds. The van der Waals surface area contributed by atoms with Gasteiger partial charge in [-0.3, -0.25) is 19.6 Å². The van der Waals surface area contributed by atoms with Crippen LogP contribution in [0.2, 0.25) is 0 Å². The number of Topliss-reactive ketones (excluding diaryl/α,β-unsaturated/α-hetero) is 2. The van der Waals surface area contributed by atoms with E-state index in [-0.39, 0.29) is 18.0 Å². The molecule has 5 heteroatoms. The molecule has 2 heterocycles. The Hall–Kier alpha value is -3.86. The molecule has 0 unspecified atom stereocenters. The van der Waals surface area contributed by atoms with Crippen LogP contribution in [0.5, 0.6) is 0 Å². The van der Waals surface area contributed by atoms with Gasteiger partial charge in [-0.25, -0.2) is 0 Å². The van der Waals surface area contributed by atoms with E-state index in [0.29, 0.717) is 17.5 Å². The molecule has 0 spiro atoms. The first kappa shape index (κ1) is 22.0. The molecule has 1 N–H and O–H groups in total. The van der Waals surface area contributed by atoms with Crippen molar-refractivity contribution >= 4 is 23.1 Å². The average molecular weight is 450 g/mol. The summed E-state index contributed by atoms with van der Waals surface area (Å²) in [5.74, 6) is 0.882. The summed E-state index contributed by atoms with van der Waals surface area (Å²) in [6.45, 7) is 2.51. The highest BCUT2D eigenvalue weighted by atomic mass is 16.1. The monoisotopic (exact) mass is 449 g/mol. The summed E-state index contributed by atoms with van der Waals surface area (Å²) in [5, 5.41) is 3.27. The maximum atomic E-state index is 13.0. The van der Waals surface area contributed by atoms with Crippen LogP contribution in [0.1, 0.15) is 55.8 Å². The van der Waals surface area contributed by atoms with E-state index >= 15 is 0 Å². The number of carbonyl (C=O) groups excluding carboxylic acids is 2. The Balaban J connectivity index is 1.28. The van der Waals surface area contributed by atoms with Crippen molar-refractivity contribution in [3.05, 3.63) is 106 Å². The summed E-state index contributed by atoms with van der Waals surface area (Å²) in [7, 11) is 0. The van der Waals surface area contributed by atoms with E-state index < -0.39 is 0 Å². The molecule has 2 aliphatic rings. The van der Waals surface area contributed by atoms with Gasteiger partial charge in [-0.2, -0.15) is 0 Å². The lowest BCUT2D eigenvalue weighted by Crippen LogP contribution is -2.19. The van der Waals surface area contributed by atoms with Gasteiger partial charge in [-0.05, 0) is 47.7 Å². The Morgan fingerprint density at radius 1 is 0.735 bits per heavy atom. The number of nitrogens with one attached hydrogen (secondary N) is 1. The van der Waals surface area contributed by atoms with Crippen LogP contribution in [-0.2, 0) is 12.8 Å². The van der Waals surface area contributed by atoms with Crippen molar-refractivity contribution in [3.63, 3.8) is 0 Å². The summed E-state index contributed by atoms with van der Waals surface area (Å²) < 4.78 is 0. The van der Waals surface area contributed by atoms with E-state index in [9.17, 15) is 9.59 Å². The molecule has 0 radical (unpaired) electrons. The maximum Gasteiger partial charge on any atom is 0.167 e. The molecular formula is C29H27N3O2. The van der Waals surface area contributed by atoms with Crippen LogP contribution in [0.3, 0.4) is 0 Å². The smallest absolute Gasteiger partial charge is 0.167 e. The highest BCUT2D eigenvalue weighted by Gasteiger charge is 2.15. The summed E-state index contributed by atoms with van der Waals surface area (Å²) >= 11 is 0. The van der Waals surface area contributed by atoms with Crippen LogP contribution in [0.15, 0.2) is 82.8 Å². The normalized spacial score (nSPS) is 14.9. The number of amidine groups is 1. The van der Waals surface area contributed by atoms with Crippen LogP contribution in [0.25, 0.3) is 0 Å². The number of hydrogen-bond acceptors (Lipinski definition) is 5. The summed E-state index contributed by atoms with van der Waals surface area (Å²) in [4.78, 5) is 35.0. The zero-order valence-corrected chi connectivity index (χ0v) is 19.1. The van der Waals surface area contributed by atoms with Crippen molar-refractivity contribution in [1.29, 1.82) is 0 Å². The van der Waals surface area contributed by atoms with E-state index in [0.717, 1.165) is 66.3 Å². The van der Waals surface area contributed by atoms with Crippen molar-refractivity contribution in [1.82, 2.24) is 5.32 Å². The molecule has 0 bridgehead atoms.